The molecule has 0 radical (unpaired) electrons. The van der Waals surface area contributed by atoms with Crippen LogP contribution in [0.1, 0.15) is 44.6 Å². The molecule has 0 aliphatic carbocycles. The van der Waals surface area contributed by atoms with Gasteiger partial charge in [-0.3, -0.25) is 9.80 Å². The molecule has 1 aliphatic rings. The Hall–Kier alpha value is -1.18. The number of likely N-dealkylation sites (tertiary alicyclic amines) is 1. The summed E-state index contributed by atoms with van der Waals surface area (Å²) < 4.78 is 5.83. The van der Waals surface area contributed by atoms with Crippen LogP contribution in [-0.2, 0) is 6.54 Å². The molecule has 1 aliphatic heterocycles. The first kappa shape index (κ1) is 23.1. The molecular formula is C22H41N5O. The Balaban J connectivity index is 1.56. The number of benzene rings is 1. The van der Waals surface area contributed by atoms with E-state index in [9.17, 15) is 0 Å². The van der Waals surface area contributed by atoms with Crippen molar-refractivity contribution in [3.8, 4) is 5.75 Å². The van der Waals surface area contributed by atoms with Gasteiger partial charge in [0.05, 0.1) is 12.8 Å². The zero-order chi connectivity index (χ0) is 20.0. The van der Waals surface area contributed by atoms with Gasteiger partial charge in [-0.05, 0) is 76.5 Å². The van der Waals surface area contributed by atoms with E-state index < -0.39 is 0 Å². The van der Waals surface area contributed by atoms with Crippen molar-refractivity contribution in [2.75, 3.05) is 53.0 Å². The summed E-state index contributed by atoms with van der Waals surface area (Å²) in [7, 11) is 2.08. The summed E-state index contributed by atoms with van der Waals surface area (Å²) in [6.45, 7) is 9.84. The minimum Gasteiger partial charge on any atom is -0.494 e. The van der Waals surface area contributed by atoms with Crippen LogP contribution in [0, 0.1) is 0 Å². The molecule has 28 heavy (non-hydrogen) atoms. The largest absolute Gasteiger partial charge is 0.494 e. The third-order valence-corrected chi connectivity index (χ3v) is 5.59. The molecule has 0 spiro atoms. The number of nitrogens with two attached hydrogens (primary N) is 1. The number of piperidine rings is 1. The average molecular weight is 392 g/mol. The summed E-state index contributed by atoms with van der Waals surface area (Å²) in [6, 6.07) is 8.45. The quantitative estimate of drug-likeness (QED) is 0.334. The lowest BCUT2D eigenvalue weighted by atomic mass is 10.1. The molecule has 0 saturated carbocycles. The number of ether oxygens (including phenoxy) is 1. The lowest BCUT2D eigenvalue weighted by Crippen LogP contribution is -2.47. The zero-order valence-corrected chi connectivity index (χ0v) is 18.0. The Morgan fingerprint density at radius 3 is 2.75 bits per heavy atom. The van der Waals surface area contributed by atoms with E-state index in [1.807, 2.05) is 0 Å². The highest BCUT2D eigenvalue weighted by Gasteiger charge is 2.19. The maximum absolute atomic E-state index is 5.83. The Bertz CT molecular complexity index is 506. The lowest BCUT2D eigenvalue weighted by molar-refractivity contribution is 0.126. The monoisotopic (exact) mass is 391 g/mol. The van der Waals surface area contributed by atoms with Gasteiger partial charge in [0.15, 0.2) is 0 Å². The molecule has 0 amide bonds. The predicted molar refractivity (Wildman–Crippen MR) is 117 cm³/mol. The van der Waals surface area contributed by atoms with Crippen LogP contribution in [0.2, 0.25) is 0 Å². The summed E-state index contributed by atoms with van der Waals surface area (Å²) >= 11 is 0. The Kier molecular flexibility index (Phi) is 11.5. The van der Waals surface area contributed by atoms with Gasteiger partial charge in [0.2, 0.25) is 0 Å². The molecule has 0 bridgehead atoms. The van der Waals surface area contributed by atoms with E-state index in [1.54, 1.807) is 0 Å². The molecule has 1 aromatic rings. The second kappa shape index (κ2) is 13.9. The first-order chi connectivity index (χ1) is 13.8. The second-order valence-corrected chi connectivity index (χ2v) is 7.61. The molecule has 1 fully saturated rings. The van der Waals surface area contributed by atoms with Crippen LogP contribution in [0.5, 0.6) is 5.75 Å². The summed E-state index contributed by atoms with van der Waals surface area (Å²) in [5, 5.41) is 7.01. The van der Waals surface area contributed by atoms with Crippen molar-refractivity contribution in [2.45, 2.75) is 51.7 Å². The van der Waals surface area contributed by atoms with Gasteiger partial charge < -0.3 is 21.1 Å². The van der Waals surface area contributed by atoms with Crippen molar-refractivity contribution in [1.29, 1.82) is 0 Å². The predicted octanol–water partition coefficient (Wildman–Crippen LogP) is 2.20. The summed E-state index contributed by atoms with van der Waals surface area (Å²) in [5.41, 5.74) is 6.98. The molecule has 2 rings (SSSR count). The molecule has 160 valence electrons. The van der Waals surface area contributed by atoms with Gasteiger partial charge in [-0.25, -0.2) is 0 Å². The molecule has 1 heterocycles. The van der Waals surface area contributed by atoms with Crippen molar-refractivity contribution in [3.05, 3.63) is 29.8 Å². The number of rotatable bonds is 14. The van der Waals surface area contributed by atoms with E-state index >= 15 is 0 Å². The van der Waals surface area contributed by atoms with Crippen LogP contribution in [0.25, 0.3) is 0 Å². The minimum absolute atomic E-state index is 0.571. The Morgan fingerprint density at radius 2 is 2.04 bits per heavy atom. The molecule has 1 unspecified atom stereocenters. The van der Waals surface area contributed by atoms with Crippen LogP contribution in [0.15, 0.2) is 24.3 Å². The highest BCUT2D eigenvalue weighted by atomic mass is 16.5. The van der Waals surface area contributed by atoms with Crippen molar-refractivity contribution >= 4 is 0 Å². The van der Waals surface area contributed by atoms with Crippen molar-refractivity contribution < 1.29 is 4.74 Å². The SMILES string of the molecule is CCN(CN)CCCOc1ccc(CNCCCN2CCCCC2NC)cc1. The normalized spacial score (nSPS) is 17.9. The number of nitrogens with one attached hydrogen (secondary N) is 2. The van der Waals surface area contributed by atoms with E-state index in [4.69, 9.17) is 10.5 Å². The number of nitrogens with zero attached hydrogens (tertiary/aromatic N) is 2. The molecule has 1 saturated heterocycles. The third-order valence-electron chi connectivity index (χ3n) is 5.59. The summed E-state index contributed by atoms with van der Waals surface area (Å²) in [5.74, 6) is 0.947. The second-order valence-electron chi connectivity index (χ2n) is 7.61. The van der Waals surface area contributed by atoms with Gasteiger partial charge in [0.25, 0.3) is 0 Å². The van der Waals surface area contributed by atoms with E-state index in [0.717, 1.165) is 45.0 Å². The van der Waals surface area contributed by atoms with E-state index in [1.165, 1.54) is 44.3 Å². The maximum atomic E-state index is 5.83. The van der Waals surface area contributed by atoms with E-state index in [2.05, 4.69) is 58.7 Å². The fraction of sp³-hybridized carbons (Fsp3) is 0.727. The van der Waals surface area contributed by atoms with Crippen LogP contribution in [-0.4, -0.2) is 69.0 Å². The van der Waals surface area contributed by atoms with Crippen molar-refractivity contribution in [2.24, 2.45) is 5.73 Å². The van der Waals surface area contributed by atoms with Gasteiger partial charge >= 0.3 is 0 Å². The molecule has 1 atom stereocenters. The highest BCUT2D eigenvalue weighted by molar-refractivity contribution is 5.27. The Labute approximate surface area is 171 Å². The molecule has 4 N–H and O–H groups in total. The number of hydrogen-bond acceptors (Lipinski definition) is 6. The first-order valence-corrected chi connectivity index (χ1v) is 11.0. The molecule has 0 aromatic heterocycles. The smallest absolute Gasteiger partial charge is 0.119 e. The third kappa shape index (κ3) is 8.45. The van der Waals surface area contributed by atoms with E-state index in [0.29, 0.717) is 12.8 Å². The molecule has 6 heteroatoms. The molecular weight excluding hydrogens is 350 g/mol. The minimum atomic E-state index is 0.571. The van der Waals surface area contributed by atoms with Gasteiger partial charge in [-0.1, -0.05) is 19.1 Å². The Morgan fingerprint density at radius 1 is 1.21 bits per heavy atom. The summed E-state index contributed by atoms with van der Waals surface area (Å²) in [4.78, 5) is 4.80. The summed E-state index contributed by atoms with van der Waals surface area (Å²) in [6.07, 6.45) is 6.73. The first-order valence-electron chi connectivity index (χ1n) is 11.0. The van der Waals surface area contributed by atoms with Gasteiger partial charge in [0.1, 0.15) is 5.75 Å². The van der Waals surface area contributed by atoms with Gasteiger partial charge in [-0.15, -0.1) is 0 Å². The van der Waals surface area contributed by atoms with Crippen LogP contribution < -0.4 is 21.1 Å². The fourth-order valence-electron chi connectivity index (χ4n) is 3.79. The van der Waals surface area contributed by atoms with E-state index in [-0.39, 0.29) is 0 Å². The standard InChI is InChI=1S/C22H41N5O/c1-3-26(19-23)14-7-17-28-21-11-9-20(10-12-21)18-25-13-6-16-27-15-5-4-8-22(27)24-2/h9-12,22,24-25H,3-8,13-19,23H2,1-2H3. The van der Waals surface area contributed by atoms with Crippen LogP contribution >= 0.6 is 0 Å². The molecule has 1 aromatic carbocycles. The number of hydrogen-bond donors (Lipinski definition) is 3. The van der Waals surface area contributed by atoms with Crippen LogP contribution in [0.3, 0.4) is 0 Å². The fourth-order valence-corrected chi connectivity index (χ4v) is 3.79. The van der Waals surface area contributed by atoms with Crippen LogP contribution in [0.4, 0.5) is 0 Å². The zero-order valence-electron chi connectivity index (χ0n) is 18.0. The maximum Gasteiger partial charge on any atom is 0.119 e. The lowest BCUT2D eigenvalue weighted by Gasteiger charge is -2.35. The van der Waals surface area contributed by atoms with Gasteiger partial charge in [0, 0.05) is 26.3 Å². The topological polar surface area (TPSA) is 65.8 Å². The molecule has 6 nitrogen and oxygen atoms in total. The van der Waals surface area contributed by atoms with Gasteiger partial charge in [-0.2, -0.15) is 0 Å². The highest BCUT2D eigenvalue weighted by Crippen LogP contribution is 2.15. The average Bonchev–Trinajstić information content (AvgIpc) is 2.75. The van der Waals surface area contributed by atoms with Crippen molar-refractivity contribution in [3.63, 3.8) is 0 Å². The van der Waals surface area contributed by atoms with Crippen molar-refractivity contribution in [1.82, 2.24) is 20.4 Å².